The van der Waals surface area contributed by atoms with E-state index in [4.69, 9.17) is 9.47 Å². The molecule has 0 rings (SSSR count). The van der Waals surface area contributed by atoms with Crippen molar-refractivity contribution in [3.63, 3.8) is 0 Å². The van der Waals surface area contributed by atoms with Gasteiger partial charge in [0.15, 0.2) is 11.2 Å². The van der Waals surface area contributed by atoms with Crippen molar-refractivity contribution < 1.29 is 86.7 Å². The molecule has 0 aliphatic carbocycles. The van der Waals surface area contributed by atoms with Crippen LogP contribution in [0.5, 0.6) is 0 Å². The van der Waals surface area contributed by atoms with Crippen molar-refractivity contribution in [1.29, 1.82) is 0 Å². The lowest BCUT2D eigenvalue weighted by molar-refractivity contribution is -0.187. The third kappa shape index (κ3) is 6.29. The van der Waals surface area contributed by atoms with Gasteiger partial charge in [-0.3, -0.25) is 27.8 Å². The quantitative estimate of drug-likeness (QED) is 0.0666. The Morgan fingerprint density at radius 3 is 0.865 bits per heavy atom. The fourth-order valence-electron chi connectivity index (χ4n) is 3.90. The van der Waals surface area contributed by atoms with E-state index in [0.29, 0.717) is 0 Å². The summed E-state index contributed by atoms with van der Waals surface area (Å²) in [4.78, 5) is 101. The molecule has 0 amide bonds. The van der Waals surface area contributed by atoms with Crippen LogP contribution in [-0.4, -0.2) is 82.7 Å². The molecule has 0 heterocycles. The first-order valence-electron chi connectivity index (χ1n) is 10.3. The van der Waals surface area contributed by atoms with Gasteiger partial charge >= 0.3 is 52.5 Å². The SMILES string of the molecule is CCC(CC)(OC(=O)CC(=O)OC(CC)(CC)C(O)(P(=O)(O)O)P(=O)(O)O)C(O)(P(=O)(O)O)P(=O)(O)O. The summed E-state index contributed by atoms with van der Waals surface area (Å²) < 4.78 is 57.3. The van der Waals surface area contributed by atoms with Crippen LogP contribution in [0.4, 0.5) is 0 Å². The molecule has 0 bridgehead atoms. The average molecular weight is 624 g/mol. The van der Waals surface area contributed by atoms with E-state index >= 15 is 0 Å². The zero-order valence-corrected chi connectivity index (χ0v) is 23.6. The first-order chi connectivity index (χ1) is 16.2. The smallest absolute Gasteiger partial charge is 0.373 e. The van der Waals surface area contributed by atoms with E-state index in [9.17, 15) is 77.2 Å². The molecule has 0 saturated heterocycles. The molecule has 0 aliphatic rings. The first-order valence-corrected chi connectivity index (χ1v) is 16.8. The summed E-state index contributed by atoms with van der Waals surface area (Å²) in [7, 11) is -24.7. The summed E-state index contributed by atoms with van der Waals surface area (Å²) in [5.41, 5.74) is -5.96. The largest absolute Gasteiger partial charge is 0.454 e. The summed E-state index contributed by atoms with van der Waals surface area (Å²) in [5, 5.41) is 12.5. The fourth-order valence-corrected chi connectivity index (χ4v) is 10.2. The maximum atomic E-state index is 12.5. The summed E-state index contributed by atoms with van der Waals surface area (Å²) >= 11 is 0. The van der Waals surface area contributed by atoms with Gasteiger partial charge in [0.05, 0.1) is 0 Å². The van der Waals surface area contributed by atoms with E-state index in [-0.39, 0.29) is 0 Å². The van der Waals surface area contributed by atoms with Gasteiger partial charge in [0.25, 0.3) is 0 Å². The molecular formula is C15H32O18P4. The van der Waals surface area contributed by atoms with E-state index in [2.05, 4.69) is 0 Å². The van der Waals surface area contributed by atoms with Crippen molar-refractivity contribution in [3.05, 3.63) is 0 Å². The van der Waals surface area contributed by atoms with Gasteiger partial charge in [-0.2, -0.15) is 0 Å². The molecule has 0 saturated carbocycles. The van der Waals surface area contributed by atoms with Crippen LogP contribution in [0.1, 0.15) is 59.8 Å². The molecule has 0 aromatic heterocycles. The van der Waals surface area contributed by atoms with Gasteiger partial charge in [0.2, 0.25) is 0 Å². The first kappa shape index (κ1) is 36.5. The molecule has 0 unspecified atom stereocenters. The molecule has 0 fully saturated rings. The molecule has 0 atom stereocenters. The fraction of sp³-hybridized carbons (Fsp3) is 0.867. The molecule has 10 N–H and O–H groups in total. The lowest BCUT2D eigenvalue weighted by Gasteiger charge is -2.45. The Bertz CT molecular complexity index is 911. The summed E-state index contributed by atoms with van der Waals surface area (Å²) in [6.45, 7) is 4.13. The number of esters is 2. The Labute approximate surface area is 210 Å². The van der Waals surface area contributed by atoms with Gasteiger partial charge in [-0.25, -0.2) is 0 Å². The Balaban J connectivity index is 6.49. The standard InChI is InChI=1S/C15H32O18P4/c1-5-12(6-2,14(18,34(20,21)22)35(23,24)25)32-10(16)9-11(17)33-13(7-3,8-4)15(19,36(26,27)28)37(29,30)31/h18-19H,5-9H2,1-4H3,(H2,20,21,22)(H2,23,24,25)(H2,26,27,28)(H2,29,30,31). The van der Waals surface area contributed by atoms with Gasteiger partial charge in [-0.05, 0) is 25.7 Å². The minimum absolute atomic E-state index is 0.805. The zero-order valence-electron chi connectivity index (χ0n) is 20.1. The van der Waals surface area contributed by atoms with Crippen molar-refractivity contribution >= 4 is 42.3 Å². The lowest BCUT2D eigenvalue weighted by atomic mass is 9.97. The number of aliphatic hydroxyl groups is 2. The third-order valence-electron chi connectivity index (χ3n) is 6.04. The summed E-state index contributed by atoms with van der Waals surface area (Å²) in [6, 6.07) is 0. The molecular weight excluding hydrogens is 592 g/mol. The molecule has 0 aromatic carbocycles. The molecule has 22 heteroatoms. The van der Waals surface area contributed by atoms with E-state index < -0.39 is 95.8 Å². The molecule has 0 spiro atoms. The second kappa shape index (κ2) is 11.5. The summed E-state index contributed by atoms with van der Waals surface area (Å²) in [5.74, 6) is -3.63. The van der Waals surface area contributed by atoms with Crippen molar-refractivity contribution in [1.82, 2.24) is 0 Å². The van der Waals surface area contributed by atoms with Crippen LogP contribution in [0.2, 0.25) is 0 Å². The maximum Gasteiger partial charge on any atom is 0.373 e. The van der Waals surface area contributed by atoms with Crippen molar-refractivity contribution in [2.24, 2.45) is 0 Å². The van der Waals surface area contributed by atoms with Gasteiger partial charge in [-0.15, -0.1) is 0 Å². The predicted octanol–water partition coefficient (Wildman–Crippen LogP) is -0.416. The number of hydrogen-bond acceptors (Lipinski definition) is 10. The highest BCUT2D eigenvalue weighted by Crippen LogP contribution is 2.74. The number of ether oxygens (including phenoxy) is 2. The Kier molecular flexibility index (Phi) is 11.4. The Morgan fingerprint density at radius 2 is 0.730 bits per heavy atom. The molecule has 0 aromatic rings. The van der Waals surface area contributed by atoms with E-state index in [1.807, 2.05) is 0 Å². The van der Waals surface area contributed by atoms with Crippen LogP contribution < -0.4 is 0 Å². The van der Waals surface area contributed by atoms with Crippen LogP contribution >= 0.6 is 30.4 Å². The van der Waals surface area contributed by atoms with Crippen LogP contribution in [0.25, 0.3) is 0 Å². The highest BCUT2D eigenvalue weighted by Gasteiger charge is 2.74. The maximum absolute atomic E-state index is 12.5. The lowest BCUT2D eigenvalue weighted by Crippen LogP contribution is -2.56. The second-order valence-corrected chi connectivity index (χ2v) is 15.6. The highest BCUT2D eigenvalue weighted by atomic mass is 31.2. The van der Waals surface area contributed by atoms with E-state index in [0.717, 1.165) is 27.7 Å². The average Bonchev–Trinajstić information content (AvgIpc) is 2.71. The van der Waals surface area contributed by atoms with Crippen LogP contribution in [0.15, 0.2) is 0 Å². The monoisotopic (exact) mass is 624 g/mol. The second-order valence-electron chi connectivity index (χ2n) is 7.97. The number of hydrogen-bond donors (Lipinski definition) is 10. The van der Waals surface area contributed by atoms with Crippen LogP contribution in [-0.2, 0) is 37.3 Å². The van der Waals surface area contributed by atoms with E-state index in [1.165, 1.54) is 0 Å². The molecule has 18 nitrogen and oxygen atoms in total. The van der Waals surface area contributed by atoms with Gasteiger partial charge < -0.3 is 58.8 Å². The molecule has 0 aliphatic heterocycles. The normalized spacial score (nSPS) is 14.9. The molecule has 0 radical (unpaired) electrons. The third-order valence-corrected chi connectivity index (χ3v) is 14.0. The van der Waals surface area contributed by atoms with E-state index in [1.54, 1.807) is 0 Å². The van der Waals surface area contributed by atoms with Gasteiger partial charge in [-0.1, -0.05) is 27.7 Å². The number of carbonyl (C=O) groups is 2. The van der Waals surface area contributed by atoms with Crippen LogP contribution in [0.3, 0.4) is 0 Å². The van der Waals surface area contributed by atoms with Crippen molar-refractivity contribution in [3.8, 4) is 0 Å². The molecule has 37 heavy (non-hydrogen) atoms. The minimum Gasteiger partial charge on any atom is -0.454 e. The number of carbonyl (C=O) groups excluding carboxylic acids is 2. The highest BCUT2D eigenvalue weighted by molar-refractivity contribution is 7.72. The summed E-state index contributed by atoms with van der Waals surface area (Å²) in [6.07, 6.45) is -4.83. The van der Waals surface area contributed by atoms with Crippen molar-refractivity contribution in [2.45, 2.75) is 81.2 Å². The van der Waals surface area contributed by atoms with Gasteiger partial charge in [0, 0.05) is 0 Å². The van der Waals surface area contributed by atoms with Gasteiger partial charge in [0.1, 0.15) is 6.42 Å². The zero-order chi connectivity index (χ0) is 30.1. The minimum atomic E-state index is -6.16. The van der Waals surface area contributed by atoms with Crippen molar-refractivity contribution in [2.75, 3.05) is 0 Å². The van der Waals surface area contributed by atoms with Crippen LogP contribution in [0, 0.1) is 0 Å². The predicted molar refractivity (Wildman–Crippen MR) is 122 cm³/mol. The Hall–Kier alpha value is -0.540. The molecule has 220 valence electrons. The Morgan fingerprint density at radius 1 is 0.541 bits per heavy atom. The topological polar surface area (TPSA) is 323 Å². The number of rotatable bonds is 14.